The summed E-state index contributed by atoms with van der Waals surface area (Å²) in [5.41, 5.74) is 7.70. The standard InChI is InChI=1S/C15H9BrClFN2O/c16-9-6-4-8(5-7-9)12-14(21-20-15(12)19)10-2-1-3-11(18)13(10)17/h1-7H,(H2,19,20). The van der Waals surface area contributed by atoms with Crippen LogP contribution in [0, 0.1) is 5.82 Å². The summed E-state index contributed by atoms with van der Waals surface area (Å²) < 4.78 is 19.8. The van der Waals surface area contributed by atoms with Gasteiger partial charge < -0.3 is 10.3 Å². The Bertz CT molecular complexity index is 802. The van der Waals surface area contributed by atoms with Crippen LogP contribution in [0.1, 0.15) is 0 Å². The minimum Gasteiger partial charge on any atom is -0.380 e. The number of nitrogen functional groups attached to an aromatic ring is 1. The first-order valence-electron chi connectivity index (χ1n) is 6.03. The Morgan fingerprint density at radius 3 is 2.57 bits per heavy atom. The van der Waals surface area contributed by atoms with Crippen LogP contribution in [0.4, 0.5) is 10.2 Å². The predicted octanol–water partition coefficient (Wildman–Crippen LogP) is 5.15. The molecule has 0 atom stereocenters. The van der Waals surface area contributed by atoms with Crippen molar-refractivity contribution in [3.05, 3.63) is 57.8 Å². The van der Waals surface area contributed by atoms with Gasteiger partial charge in [-0.15, -0.1) is 0 Å². The van der Waals surface area contributed by atoms with E-state index in [1.807, 2.05) is 24.3 Å². The summed E-state index contributed by atoms with van der Waals surface area (Å²) in [5, 5.41) is 3.75. The van der Waals surface area contributed by atoms with Crippen LogP contribution in [0.3, 0.4) is 0 Å². The van der Waals surface area contributed by atoms with E-state index in [2.05, 4.69) is 21.1 Å². The number of hydrogen-bond acceptors (Lipinski definition) is 3. The minimum absolute atomic E-state index is 0.0213. The zero-order chi connectivity index (χ0) is 15.0. The van der Waals surface area contributed by atoms with E-state index in [-0.39, 0.29) is 10.8 Å². The molecule has 0 saturated carbocycles. The lowest BCUT2D eigenvalue weighted by atomic mass is 10.0. The monoisotopic (exact) mass is 366 g/mol. The molecule has 0 aliphatic heterocycles. The van der Waals surface area contributed by atoms with E-state index < -0.39 is 5.82 Å². The molecule has 106 valence electrons. The first kappa shape index (κ1) is 14.1. The van der Waals surface area contributed by atoms with Crippen molar-refractivity contribution in [2.24, 2.45) is 0 Å². The van der Waals surface area contributed by atoms with Gasteiger partial charge in [0.05, 0.1) is 10.6 Å². The molecule has 3 nitrogen and oxygen atoms in total. The highest BCUT2D eigenvalue weighted by Gasteiger charge is 2.20. The molecule has 0 spiro atoms. The van der Waals surface area contributed by atoms with Crippen molar-refractivity contribution in [2.75, 3.05) is 5.73 Å². The van der Waals surface area contributed by atoms with Crippen molar-refractivity contribution in [2.45, 2.75) is 0 Å². The van der Waals surface area contributed by atoms with Crippen LogP contribution in [-0.2, 0) is 0 Å². The van der Waals surface area contributed by atoms with E-state index in [9.17, 15) is 4.39 Å². The second-order valence-corrected chi connectivity index (χ2v) is 5.67. The van der Waals surface area contributed by atoms with E-state index in [0.29, 0.717) is 16.9 Å². The zero-order valence-electron chi connectivity index (χ0n) is 10.6. The average Bonchev–Trinajstić information content (AvgIpc) is 2.85. The molecule has 3 aromatic rings. The molecule has 0 aliphatic rings. The third-order valence-electron chi connectivity index (χ3n) is 3.05. The van der Waals surface area contributed by atoms with Gasteiger partial charge >= 0.3 is 0 Å². The Balaban J connectivity index is 2.22. The average molecular weight is 368 g/mol. The largest absolute Gasteiger partial charge is 0.380 e. The van der Waals surface area contributed by atoms with E-state index >= 15 is 0 Å². The van der Waals surface area contributed by atoms with Crippen molar-refractivity contribution in [3.8, 4) is 22.5 Å². The molecule has 2 aromatic carbocycles. The molecule has 0 bridgehead atoms. The second-order valence-electron chi connectivity index (χ2n) is 4.38. The summed E-state index contributed by atoms with van der Waals surface area (Å²) in [5.74, 6) is 0.0536. The minimum atomic E-state index is -0.522. The van der Waals surface area contributed by atoms with Crippen molar-refractivity contribution >= 4 is 33.3 Å². The van der Waals surface area contributed by atoms with Crippen molar-refractivity contribution in [1.29, 1.82) is 0 Å². The number of rotatable bonds is 2. The van der Waals surface area contributed by atoms with Gasteiger partial charge in [-0.1, -0.05) is 50.9 Å². The van der Waals surface area contributed by atoms with Gasteiger partial charge in [0.25, 0.3) is 0 Å². The van der Waals surface area contributed by atoms with Crippen LogP contribution in [0.2, 0.25) is 5.02 Å². The molecule has 0 radical (unpaired) electrons. The Morgan fingerprint density at radius 1 is 1.14 bits per heavy atom. The van der Waals surface area contributed by atoms with Gasteiger partial charge in [0.15, 0.2) is 11.6 Å². The highest BCUT2D eigenvalue weighted by atomic mass is 79.9. The third-order valence-corrected chi connectivity index (χ3v) is 3.96. The number of hydrogen-bond donors (Lipinski definition) is 1. The normalized spacial score (nSPS) is 10.8. The first-order valence-corrected chi connectivity index (χ1v) is 7.20. The van der Waals surface area contributed by atoms with E-state index in [1.54, 1.807) is 12.1 Å². The highest BCUT2D eigenvalue weighted by Crippen LogP contribution is 2.40. The molecule has 2 N–H and O–H groups in total. The number of nitrogens with two attached hydrogens (primary N) is 1. The lowest BCUT2D eigenvalue weighted by molar-refractivity contribution is 0.436. The molecule has 0 fully saturated rings. The Kier molecular flexibility index (Phi) is 3.69. The van der Waals surface area contributed by atoms with Gasteiger partial charge in [-0.2, -0.15) is 0 Å². The molecule has 0 saturated heterocycles. The molecule has 21 heavy (non-hydrogen) atoms. The quantitative estimate of drug-likeness (QED) is 0.682. The van der Waals surface area contributed by atoms with Gasteiger partial charge in [0, 0.05) is 10.0 Å². The van der Waals surface area contributed by atoms with Crippen LogP contribution in [0.15, 0.2) is 51.5 Å². The van der Waals surface area contributed by atoms with Gasteiger partial charge in [-0.05, 0) is 29.8 Å². The second kappa shape index (κ2) is 5.50. The molecule has 1 heterocycles. The van der Waals surface area contributed by atoms with E-state index in [0.717, 1.165) is 10.0 Å². The fourth-order valence-corrected chi connectivity index (χ4v) is 2.54. The van der Waals surface area contributed by atoms with Gasteiger partial charge in [0.2, 0.25) is 0 Å². The topological polar surface area (TPSA) is 52.0 Å². The summed E-state index contributed by atoms with van der Waals surface area (Å²) in [6, 6.07) is 12.0. The Hall–Kier alpha value is -1.85. The van der Waals surface area contributed by atoms with Crippen LogP contribution in [0.25, 0.3) is 22.5 Å². The first-order chi connectivity index (χ1) is 10.1. The summed E-state index contributed by atoms with van der Waals surface area (Å²) in [6.07, 6.45) is 0. The Morgan fingerprint density at radius 2 is 1.86 bits per heavy atom. The molecule has 3 rings (SSSR count). The van der Waals surface area contributed by atoms with Gasteiger partial charge in [0.1, 0.15) is 5.82 Å². The fourth-order valence-electron chi connectivity index (χ4n) is 2.06. The number of anilines is 1. The number of benzene rings is 2. The van der Waals surface area contributed by atoms with Crippen molar-refractivity contribution in [3.63, 3.8) is 0 Å². The maximum atomic E-state index is 13.6. The van der Waals surface area contributed by atoms with Crippen molar-refractivity contribution in [1.82, 2.24) is 5.16 Å². The van der Waals surface area contributed by atoms with Crippen LogP contribution < -0.4 is 5.73 Å². The molecule has 0 unspecified atom stereocenters. The number of aromatic nitrogens is 1. The number of nitrogens with zero attached hydrogens (tertiary/aromatic N) is 1. The maximum Gasteiger partial charge on any atom is 0.178 e. The lowest BCUT2D eigenvalue weighted by Crippen LogP contribution is -1.89. The Labute approximate surface area is 133 Å². The van der Waals surface area contributed by atoms with Gasteiger partial charge in [-0.25, -0.2) is 4.39 Å². The summed E-state index contributed by atoms with van der Waals surface area (Å²) in [4.78, 5) is 0. The van der Waals surface area contributed by atoms with Gasteiger partial charge in [-0.3, -0.25) is 0 Å². The SMILES string of the molecule is Nc1noc(-c2cccc(F)c2Cl)c1-c1ccc(Br)cc1. The molecular weight excluding hydrogens is 359 g/mol. The van der Waals surface area contributed by atoms with Crippen LogP contribution in [-0.4, -0.2) is 5.16 Å². The lowest BCUT2D eigenvalue weighted by Gasteiger charge is -2.05. The molecular formula is C15H9BrClFN2O. The highest BCUT2D eigenvalue weighted by molar-refractivity contribution is 9.10. The third kappa shape index (κ3) is 2.54. The molecule has 0 amide bonds. The molecule has 0 aliphatic carbocycles. The van der Waals surface area contributed by atoms with Crippen molar-refractivity contribution < 1.29 is 8.91 Å². The van der Waals surface area contributed by atoms with Crippen LogP contribution >= 0.6 is 27.5 Å². The van der Waals surface area contributed by atoms with Crippen LogP contribution in [0.5, 0.6) is 0 Å². The molecule has 6 heteroatoms. The smallest absolute Gasteiger partial charge is 0.178 e. The number of halogens is 3. The van der Waals surface area contributed by atoms with E-state index in [4.69, 9.17) is 21.9 Å². The van der Waals surface area contributed by atoms with E-state index in [1.165, 1.54) is 6.07 Å². The summed E-state index contributed by atoms with van der Waals surface area (Å²) in [7, 11) is 0. The zero-order valence-corrected chi connectivity index (χ0v) is 13.0. The fraction of sp³-hybridized carbons (Fsp3) is 0. The summed E-state index contributed by atoms with van der Waals surface area (Å²) in [6.45, 7) is 0. The summed E-state index contributed by atoms with van der Waals surface area (Å²) >= 11 is 9.38. The predicted molar refractivity (Wildman–Crippen MR) is 84.5 cm³/mol. The molecule has 1 aromatic heterocycles. The maximum absolute atomic E-state index is 13.6.